The minimum Gasteiger partial charge on any atom is -0.457 e. The van der Waals surface area contributed by atoms with Gasteiger partial charge in [0.05, 0.1) is 16.8 Å². The summed E-state index contributed by atoms with van der Waals surface area (Å²) in [4.78, 5) is 23.2. The average Bonchev–Trinajstić information content (AvgIpc) is 2.91. The van der Waals surface area contributed by atoms with E-state index in [0.29, 0.717) is 22.7 Å². The quantitative estimate of drug-likeness (QED) is 0.502. The number of anilines is 1. The zero-order valence-electron chi connectivity index (χ0n) is 12.6. The lowest BCUT2D eigenvalue weighted by Gasteiger charge is -2.07. The number of amides is 2. The Kier molecular flexibility index (Phi) is 4.10. The number of nitrogens with zero attached hydrogens (tertiary/aromatic N) is 3. The largest absolute Gasteiger partial charge is 0.457 e. The molecule has 0 radical (unpaired) electrons. The van der Waals surface area contributed by atoms with Crippen molar-refractivity contribution in [1.82, 2.24) is 5.32 Å². The highest BCUT2D eigenvalue weighted by atomic mass is 16.5. The Labute approximate surface area is 141 Å². The second-order valence-corrected chi connectivity index (χ2v) is 4.91. The van der Waals surface area contributed by atoms with Gasteiger partial charge in [-0.05, 0) is 42.5 Å². The number of fused-ring (bicyclic) bond motifs is 1. The summed E-state index contributed by atoms with van der Waals surface area (Å²) in [6.07, 6.45) is 0. The number of hydrogen-bond donors (Lipinski definition) is 2. The first kappa shape index (κ1) is 15.7. The van der Waals surface area contributed by atoms with Crippen molar-refractivity contribution in [2.45, 2.75) is 0 Å². The predicted octanol–water partition coefficient (Wildman–Crippen LogP) is 2.18. The van der Waals surface area contributed by atoms with Gasteiger partial charge in [-0.3, -0.25) is 20.3 Å². The van der Waals surface area contributed by atoms with Crippen molar-refractivity contribution < 1.29 is 14.3 Å². The van der Waals surface area contributed by atoms with Gasteiger partial charge in [0.2, 0.25) is 5.71 Å². The Morgan fingerprint density at radius 1 is 0.960 bits per heavy atom. The van der Waals surface area contributed by atoms with Crippen LogP contribution < -0.4 is 15.5 Å². The van der Waals surface area contributed by atoms with E-state index < -0.39 is 11.8 Å². The van der Waals surface area contributed by atoms with Crippen LogP contribution in [0.2, 0.25) is 0 Å². The van der Waals surface area contributed by atoms with Crippen LogP contribution in [0, 0.1) is 22.7 Å². The normalized spacial score (nSPS) is 11.6. The molecule has 0 atom stereocenters. The molecule has 2 amide bonds. The smallest absolute Gasteiger partial charge is 0.259 e. The first-order valence-electron chi connectivity index (χ1n) is 7.02. The molecule has 2 aromatic carbocycles. The van der Waals surface area contributed by atoms with Crippen molar-refractivity contribution in [3.63, 3.8) is 0 Å². The van der Waals surface area contributed by atoms with Crippen molar-refractivity contribution in [2.75, 3.05) is 5.43 Å². The van der Waals surface area contributed by atoms with Crippen LogP contribution in [0.15, 0.2) is 47.6 Å². The molecule has 3 rings (SSSR count). The fourth-order valence-corrected chi connectivity index (χ4v) is 2.14. The number of hydrogen-bond acceptors (Lipinski definition) is 7. The maximum Gasteiger partial charge on any atom is 0.259 e. The molecule has 8 heteroatoms. The lowest BCUT2D eigenvalue weighted by atomic mass is 10.1. The number of imide groups is 1. The van der Waals surface area contributed by atoms with Crippen LogP contribution in [0.5, 0.6) is 11.5 Å². The van der Waals surface area contributed by atoms with E-state index in [9.17, 15) is 9.59 Å². The zero-order valence-corrected chi connectivity index (χ0v) is 12.6. The Morgan fingerprint density at radius 2 is 1.60 bits per heavy atom. The average molecular weight is 331 g/mol. The van der Waals surface area contributed by atoms with E-state index in [-0.39, 0.29) is 11.3 Å². The van der Waals surface area contributed by atoms with E-state index in [0.717, 1.165) is 0 Å². The van der Waals surface area contributed by atoms with Crippen LogP contribution in [0.4, 0.5) is 5.69 Å². The van der Waals surface area contributed by atoms with E-state index in [2.05, 4.69) is 15.8 Å². The minimum atomic E-state index is -0.450. The summed E-state index contributed by atoms with van der Waals surface area (Å²) >= 11 is 0. The highest BCUT2D eigenvalue weighted by Crippen LogP contribution is 2.27. The lowest BCUT2D eigenvalue weighted by Crippen LogP contribution is -2.19. The fraction of sp³-hybridized carbons (Fsp3) is 0. The molecule has 2 N–H and O–H groups in total. The first-order valence-corrected chi connectivity index (χ1v) is 7.02. The van der Waals surface area contributed by atoms with Gasteiger partial charge in [0.25, 0.3) is 11.8 Å². The predicted molar refractivity (Wildman–Crippen MR) is 87.0 cm³/mol. The fourth-order valence-electron chi connectivity index (χ4n) is 2.14. The second-order valence-electron chi connectivity index (χ2n) is 4.91. The van der Waals surface area contributed by atoms with E-state index >= 15 is 0 Å². The molecule has 0 saturated heterocycles. The van der Waals surface area contributed by atoms with Crippen molar-refractivity contribution in [1.29, 1.82) is 10.5 Å². The lowest BCUT2D eigenvalue weighted by molar-refractivity contribution is 0.0879. The van der Waals surface area contributed by atoms with Crippen LogP contribution in [0.1, 0.15) is 20.7 Å². The molecule has 0 aliphatic carbocycles. The summed E-state index contributed by atoms with van der Waals surface area (Å²) in [6, 6.07) is 14.5. The number of rotatable bonds is 4. The van der Waals surface area contributed by atoms with Crippen LogP contribution in [-0.2, 0) is 0 Å². The molecular weight excluding hydrogens is 322 g/mol. The third-order valence-corrected chi connectivity index (χ3v) is 3.31. The molecule has 120 valence electrons. The molecule has 2 aromatic rings. The molecule has 0 unspecified atom stereocenters. The van der Waals surface area contributed by atoms with Crippen molar-refractivity contribution in [2.24, 2.45) is 5.10 Å². The van der Waals surface area contributed by atoms with Gasteiger partial charge in [-0.25, -0.2) is 0 Å². The third-order valence-electron chi connectivity index (χ3n) is 3.31. The Bertz CT molecular complexity index is 965. The maximum absolute atomic E-state index is 11.6. The van der Waals surface area contributed by atoms with Gasteiger partial charge in [-0.1, -0.05) is 0 Å². The number of nitriles is 2. The molecule has 0 spiro atoms. The zero-order chi connectivity index (χ0) is 17.8. The number of benzene rings is 2. The number of ether oxygens (including phenoxy) is 1. The third kappa shape index (κ3) is 3.28. The first-order chi connectivity index (χ1) is 12.1. The van der Waals surface area contributed by atoms with Gasteiger partial charge in [0.1, 0.15) is 23.6 Å². The molecule has 0 bridgehead atoms. The summed E-state index contributed by atoms with van der Waals surface area (Å²) in [5.74, 6) is 0.0452. The van der Waals surface area contributed by atoms with E-state index in [1.807, 2.05) is 0 Å². The second kappa shape index (κ2) is 6.52. The van der Waals surface area contributed by atoms with Gasteiger partial charge in [-0.15, -0.1) is 0 Å². The summed E-state index contributed by atoms with van der Waals surface area (Å²) in [6.45, 7) is 0. The molecule has 25 heavy (non-hydrogen) atoms. The van der Waals surface area contributed by atoms with Crippen LogP contribution >= 0.6 is 0 Å². The standard InChI is InChI=1S/C17H9N5O3/c18-8-11(9-19)22-21-10-1-3-12(4-2-10)25-13-5-6-14-15(7-13)17(24)20-16(14)23/h1-7,21H,(H,20,23,24). The Hall–Kier alpha value is -4.17. The van der Waals surface area contributed by atoms with Gasteiger partial charge < -0.3 is 4.74 Å². The molecule has 8 nitrogen and oxygen atoms in total. The van der Waals surface area contributed by atoms with Gasteiger partial charge in [0, 0.05) is 0 Å². The SMILES string of the molecule is N#CC(C#N)=NNc1ccc(Oc2ccc3c(c2)C(=O)NC3=O)cc1. The van der Waals surface area contributed by atoms with Crippen molar-refractivity contribution in [3.05, 3.63) is 53.6 Å². The monoisotopic (exact) mass is 331 g/mol. The number of nitrogens with one attached hydrogen (secondary N) is 2. The Morgan fingerprint density at radius 3 is 2.28 bits per heavy atom. The van der Waals surface area contributed by atoms with E-state index in [1.54, 1.807) is 42.5 Å². The van der Waals surface area contributed by atoms with Gasteiger partial charge >= 0.3 is 0 Å². The van der Waals surface area contributed by atoms with Gasteiger partial charge in [0.15, 0.2) is 0 Å². The Balaban J connectivity index is 1.73. The summed E-state index contributed by atoms with van der Waals surface area (Å²) in [5, 5.41) is 23.0. The summed E-state index contributed by atoms with van der Waals surface area (Å²) in [7, 11) is 0. The molecule has 1 heterocycles. The number of carbonyl (C=O) groups excluding carboxylic acids is 2. The van der Waals surface area contributed by atoms with Crippen LogP contribution in [0.25, 0.3) is 0 Å². The van der Waals surface area contributed by atoms with Crippen LogP contribution in [0.3, 0.4) is 0 Å². The number of carbonyl (C=O) groups is 2. The van der Waals surface area contributed by atoms with Crippen molar-refractivity contribution in [3.8, 4) is 23.6 Å². The summed E-state index contributed by atoms with van der Waals surface area (Å²) in [5.41, 5.74) is 3.45. The molecule has 1 aliphatic rings. The van der Waals surface area contributed by atoms with Gasteiger partial charge in [-0.2, -0.15) is 15.6 Å². The summed E-state index contributed by atoms with van der Waals surface area (Å²) < 4.78 is 5.65. The van der Waals surface area contributed by atoms with E-state index in [1.165, 1.54) is 12.1 Å². The highest BCUT2D eigenvalue weighted by Gasteiger charge is 2.26. The molecule has 0 aromatic heterocycles. The van der Waals surface area contributed by atoms with E-state index in [4.69, 9.17) is 15.3 Å². The van der Waals surface area contributed by atoms with Crippen LogP contribution in [-0.4, -0.2) is 17.5 Å². The maximum atomic E-state index is 11.6. The van der Waals surface area contributed by atoms with Crippen molar-refractivity contribution >= 4 is 23.2 Å². The molecule has 1 aliphatic heterocycles. The highest BCUT2D eigenvalue weighted by molar-refractivity contribution is 6.21. The molecule has 0 saturated carbocycles. The molecule has 0 fully saturated rings. The topological polar surface area (TPSA) is 127 Å². The minimum absolute atomic E-state index is 0.274. The molecular formula is C17H9N5O3. The number of hydrazone groups is 1.